The maximum absolute atomic E-state index is 12.5. The average molecular weight is 381 g/mol. The van der Waals surface area contributed by atoms with Gasteiger partial charge < -0.3 is 16.0 Å². The minimum Gasteiger partial charge on any atom is -0.340 e. The van der Waals surface area contributed by atoms with Crippen molar-refractivity contribution in [2.75, 3.05) is 16.0 Å². The second-order valence-electron chi connectivity index (χ2n) is 5.78. The lowest BCUT2D eigenvalue weighted by atomic mass is 10.2. The molecular weight excluding hydrogens is 364 g/mol. The lowest BCUT2D eigenvalue weighted by Crippen LogP contribution is -2.13. The first-order valence-electron chi connectivity index (χ1n) is 8.17. The van der Waals surface area contributed by atoms with Crippen LogP contribution in [0.5, 0.6) is 0 Å². The molecule has 0 atom stereocenters. The van der Waals surface area contributed by atoms with Crippen molar-refractivity contribution in [1.29, 1.82) is 0 Å². The van der Waals surface area contributed by atoms with E-state index >= 15 is 0 Å². The van der Waals surface area contributed by atoms with E-state index in [9.17, 15) is 9.59 Å². The Morgan fingerprint density at radius 1 is 0.889 bits per heavy atom. The molecule has 0 aliphatic rings. The zero-order valence-corrected chi connectivity index (χ0v) is 15.2. The molecule has 2 amide bonds. The molecule has 0 aliphatic heterocycles. The Bertz CT molecular complexity index is 991. The van der Waals surface area contributed by atoms with Crippen molar-refractivity contribution in [2.45, 2.75) is 6.92 Å². The summed E-state index contributed by atoms with van der Waals surface area (Å²) in [7, 11) is 0. The number of halogens is 1. The minimum atomic E-state index is -0.286. The molecule has 136 valence electrons. The van der Waals surface area contributed by atoms with Crippen molar-refractivity contribution >= 4 is 46.3 Å². The number of carbonyl (C=O) groups is 2. The number of hydrogen-bond donors (Lipinski definition) is 3. The van der Waals surface area contributed by atoms with Gasteiger partial charge in [-0.2, -0.15) is 0 Å². The normalized spacial score (nSPS) is 10.1. The van der Waals surface area contributed by atoms with E-state index in [1.807, 2.05) is 12.1 Å². The van der Waals surface area contributed by atoms with Gasteiger partial charge in [-0.05, 0) is 48.5 Å². The highest BCUT2D eigenvalue weighted by molar-refractivity contribution is 6.30. The first-order chi connectivity index (χ1) is 13.0. The molecule has 0 spiro atoms. The van der Waals surface area contributed by atoms with E-state index in [1.165, 1.54) is 6.92 Å². The molecular formula is C20H17ClN4O2. The Kier molecular flexibility index (Phi) is 5.68. The van der Waals surface area contributed by atoms with E-state index in [0.29, 0.717) is 27.8 Å². The lowest BCUT2D eigenvalue weighted by molar-refractivity contribution is -0.114. The first-order valence-corrected chi connectivity index (χ1v) is 8.55. The van der Waals surface area contributed by atoms with Crippen LogP contribution < -0.4 is 16.0 Å². The van der Waals surface area contributed by atoms with Gasteiger partial charge in [0.1, 0.15) is 5.82 Å². The second-order valence-corrected chi connectivity index (χ2v) is 6.22. The molecule has 1 aromatic heterocycles. The van der Waals surface area contributed by atoms with Gasteiger partial charge in [-0.3, -0.25) is 9.59 Å². The first kappa shape index (κ1) is 18.4. The zero-order valence-electron chi connectivity index (χ0n) is 14.5. The number of nitrogens with zero attached hydrogens (tertiary/aromatic N) is 1. The van der Waals surface area contributed by atoms with Crippen molar-refractivity contribution in [1.82, 2.24) is 4.98 Å². The van der Waals surface area contributed by atoms with E-state index in [0.717, 1.165) is 5.69 Å². The Balaban J connectivity index is 1.73. The largest absolute Gasteiger partial charge is 0.340 e. The summed E-state index contributed by atoms with van der Waals surface area (Å²) in [6.07, 6.45) is 1.55. The summed E-state index contributed by atoms with van der Waals surface area (Å²) in [6.45, 7) is 1.43. The summed E-state index contributed by atoms with van der Waals surface area (Å²) in [6, 6.07) is 17.4. The third kappa shape index (κ3) is 5.29. The second kappa shape index (κ2) is 8.33. The molecule has 0 radical (unpaired) electrons. The topological polar surface area (TPSA) is 83.1 Å². The highest BCUT2D eigenvalue weighted by Crippen LogP contribution is 2.20. The van der Waals surface area contributed by atoms with Crippen molar-refractivity contribution in [3.8, 4) is 0 Å². The molecule has 0 aliphatic carbocycles. The number of amides is 2. The molecule has 0 saturated heterocycles. The van der Waals surface area contributed by atoms with Crippen LogP contribution in [0.25, 0.3) is 0 Å². The number of benzene rings is 2. The quantitative estimate of drug-likeness (QED) is 0.599. The standard InChI is InChI=1S/C20H17ClN4O2/c1-13(26)23-17-6-3-7-18(12-17)25-20(27)14-8-9-22-19(10-14)24-16-5-2-4-15(21)11-16/h2-12H,1H3,(H,22,24)(H,23,26)(H,25,27). The molecule has 2 aromatic carbocycles. The highest BCUT2D eigenvalue weighted by atomic mass is 35.5. The molecule has 1 heterocycles. The monoisotopic (exact) mass is 380 g/mol. The number of pyridine rings is 1. The van der Waals surface area contributed by atoms with E-state index in [2.05, 4.69) is 20.9 Å². The van der Waals surface area contributed by atoms with E-state index in [-0.39, 0.29) is 11.8 Å². The summed E-state index contributed by atoms with van der Waals surface area (Å²) in [4.78, 5) is 27.9. The van der Waals surface area contributed by atoms with Gasteiger partial charge >= 0.3 is 0 Å². The number of rotatable bonds is 5. The van der Waals surface area contributed by atoms with Crippen LogP contribution in [0.2, 0.25) is 5.02 Å². The van der Waals surface area contributed by atoms with Crippen LogP contribution in [-0.2, 0) is 4.79 Å². The molecule has 3 N–H and O–H groups in total. The zero-order chi connectivity index (χ0) is 19.2. The number of anilines is 4. The summed E-state index contributed by atoms with van der Waals surface area (Å²) in [5.74, 6) is 0.0628. The van der Waals surface area contributed by atoms with Gasteiger partial charge in [0, 0.05) is 40.8 Å². The Morgan fingerprint density at radius 2 is 1.59 bits per heavy atom. The number of aromatic nitrogens is 1. The average Bonchev–Trinajstić information content (AvgIpc) is 2.62. The van der Waals surface area contributed by atoms with E-state index in [4.69, 9.17) is 11.6 Å². The highest BCUT2D eigenvalue weighted by Gasteiger charge is 2.09. The predicted molar refractivity (Wildman–Crippen MR) is 108 cm³/mol. The molecule has 0 saturated carbocycles. The fourth-order valence-electron chi connectivity index (χ4n) is 2.44. The summed E-state index contributed by atoms with van der Waals surface area (Å²) in [5, 5.41) is 9.20. The third-order valence-electron chi connectivity index (χ3n) is 3.56. The van der Waals surface area contributed by atoms with Crippen LogP contribution in [0.3, 0.4) is 0 Å². The number of carbonyl (C=O) groups excluding carboxylic acids is 2. The summed E-state index contributed by atoms with van der Waals surface area (Å²) in [5.41, 5.74) is 2.40. The van der Waals surface area contributed by atoms with Gasteiger partial charge in [0.05, 0.1) is 0 Å². The Labute approximate surface area is 161 Å². The summed E-state index contributed by atoms with van der Waals surface area (Å²) >= 11 is 5.98. The van der Waals surface area contributed by atoms with Crippen LogP contribution in [0.15, 0.2) is 66.9 Å². The minimum absolute atomic E-state index is 0.177. The fraction of sp³-hybridized carbons (Fsp3) is 0.0500. The number of hydrogen-bond acceptors (Lipinski definition) is 4. The van der Waals surface area contributed by atoms with Crippen molar-refractivity contribution in [2.24, 2.45) is 0 Å². The van der Waals surface area contributed by atoms with Crippen LogP contribution in [0.1, 0.15) is 17.3 Å². The van der Waals surface area contributed by atoms with Crippen LogP contribution >= 0.6 is 11.6 Å². The van der Waals surface area contributed by atoms with Gasteiger partial charge in [0.25, 0.3) is 5.91 Å². The maximum atomic E-state index is 12.5. The van der Waals surface area contributed by atoms with Crippen LogP contribution in [0, 0.1) is 0 Å². The van der Waals surface area contributed by atoms with Gasteiger partial charge in [0.2, 0.25) is 5.91 Å². The number of nitrogens with one attached hydrogen (secondary N) is 3. The van der Waals surface area contributed by atoms with E-state index < -0.39 is 0 Å². The van der Waals surface area contributed by atoms with Gasteiger partial charge in [-0.1, -0.05) is 23.7 Å². The van der Waals surface area contributed by atoms with Gasteiger partial charge in [0.15, 0.2) is 0 Å². The van der Waals surface area contributed by atoms with Crippen LogP contribution in [0.4, 0.5) is 22.9 Å². The lowest BCUT2D eigenvalue weighted by Gasteiger charge is -2.10. The molecule has 7 heteroatoms. The third-order valence-corrected chi connectivity index (χ3v) is 3.80. The van der Waals surface area contributed by atoms with Crippen molar-refractivity contribution in [3.05, 3.63) is 77.4 Å². The van der Waals surface area contributed by atoms with Gasteiger partial charge in [-0.15, -0.1) is 0 Å². The molecule has 0 bridgehead atoms. The van der Waals surface area contributed by atoms with Crippen molar-refractivity contribution < 1.29 is 9.59 Å². The molecule has 3 rings (SSSR count). The molecule has 0 unspecified atom stereocenters. The summed E-state index contributed by atoms with van der Waals surface area (Å²) < 4.78 is 0. The molecule has 0 fully saturated rings. The maximum Gasteiger partial charge on any atom is 0.255 e. The molecule has 6 nitrogen and oxygen atoms in total. The van der Waals surface area contributed by atoms with Crippen molar-refractivity contribution in [3.63, 3.8) is 0 Å². The van der Waals surface area contributed by atoms with Crippen LogP contribution in [-0.4, -0.2) is 16.8 Å². The molecule has 27 heavy (non-hydrogen) atoms. The Hall–Kier alpha value is -3.38. The van der Waals surface area contributed by atoms with Gasteiger partial charge in [-0.25, -0.2) is 4.98 Å². The van der Waals surface area contributed by atoms with E-state index in [1.54, 1.807) is 54.7 Å². The Morgan fingerprint density at radius 3 is 2.33 bits per heavy atom. The smallest absolute Gasteiger partial charge is 0.255 e. The molecule has 3 aromatic rings. The SMILES string of the molecule is CC(=O)Nc1cccc(NC(=O)c2ccnc(Nc3cccc(Cl)c3)c2)c1. The fourth-order valence-corrected chi connectivity index (χ4v) is 2.63. The predicted octanol–water partition coefficient (Wildman–Crippen LogP) is 4.69.